The number of carbonyl (C=O) groups is 2. The third kappa shape index (κ3) is 3.25. The zero-order valence-corrected chi connectivity index (χ0v) is 16.7. The quantitative estimate of drug-likeness (QED) is 0.456. The fraction of sp³-hybridized carbons (Fsp3) is 0.0870. The van der Waals surface area contributed by atoms with Crippen LogP contribution in [-0.4, -0.2) is 16.2 Å². The van der Waals surface area contributed by atoms with E-state index in [1.165, 1.54) is 23.7 Å². The summed E-state index contributed by atoms with van der Waals surface area (Å²) < 4.78 is 32.4. The summed E-state index contributed by atoms with van der Waals surface area (Å²) in [4.78, 5) is 25.5. The highest BCUT2D eigenvalue weighted by Crippen LogP contribution is 2.39. The number of nitrogens with zero attached hydrogens (tertiary/aromatic N) is 1. The second-order valence-corrected chi connectivity index (χ2v) is 7.89. The first-order valence-electron chi connectivity index (χ1n) is 9.51. The summed E-state index contributed by atoms with van der Waals surface area (Å²) in [5.41, 5.74) is 1.60. The van der Waals surface area contributed by atoms with Gasteiger partial charge in [-0.2, -0.15) is 4.37 Å². The van der Waals surface area contributed by atoms with Crippen LogP contribution in [0.1, 0.15) is 50.0 Å². The minimum atomic E-state index is -2.69. The van der Waals surface area contributed by atoms with Crippen molar-refractivity contribution in [3.8, 4) is 0 Å². The maximum Gasteiger partial charge on any atom is 0.276 e. The number of rotatable bonds is 4. The molecule has 8 heteroatoms. The van der Waals surface area contributed by atoms with Gasteiger partial charge >= 0.3 is 0 Å². The predicted molar refractivity (Wildman–Crippen MR) is 115 cm³/mol. The van der Waals surface area contributed by atoms with Gasteiger partial charge in [-0.3, -0.25) is 9.59 Å². The molecule has 0 saturated carbocycles. The molecule has 1 aliphatic heterocycles. The van der Waals surface area contributed by atoms with Gasteiger partial charge in [0.15, 0.2) is 0 Å². The van der Waals surface area contributed by atoms with Gasteiger partial charge in [-0.05, 0) is 35.3 Å². The molecule has 0 radical (unpaired) electrons. The van der Waals surface area contributed by atoms with E-state index >= 15 is 0 Å². The molecule has 0 saturated heterocycles. The van der Waals surface area contributed by atoms with E-state index in [1.54, 1.807) is 30.3 Å². The lowest BCUT2D eigenvalue weighted by Crippen LogP contribution is -2.22. The number of hydrogen-bond acceptors (Lipinski definition) is 4. The lowest BCUT2D eigenvalue weighted by Gasteiger charge is -2.19. The van der Waals surface area contributed by atoms with Crippen LogP contribution in [0.2, 0.25) is 0 Å². The highest BCUT2D eigenvalue weighted by atomic mass is 32.1. The van der Waals surface area contributed by atoms with E-state index in [-0.39, 0.29) is 17.2 Å². The minimum Gasteiger partial charge on any atom is -0.341 e. The highest BCUT2D eigenvalue weighted by molar-refractivity contribution is 7.13. The van der Waals surface area contributed by atoms with Crippen molar-refractivity contribution in [1.29, 1.82) is 0 Å². The molecule has 3 aromatic carbocycles. The Bertz CT molecular complexity index is 1340. The van der Waals surface area contributed by atoms with Gasteiger partial charge in [-0.1, -0.05) is 48.5 Å². The summed E-state index contributed by atoms with van der Waals surface area (Å²) in [7, 11) is 0. The Morgan fingerprint density at radius 3 is 2.65 bits per heavy atom. The van der Waals surface area contributed by atoms with Gasteiger partial charge in [-0.25, -0.2) is 8.78 Å². The predicted octanol–water partition coefficient (Wildman–Crippen LogP) is 5.32. The molecule has 0 fully saturated rings. The topological polar surface area (TPSA) is 71.1 Å². The fourth-order valence-electron chi connectivity index (χ4n) is 3.90. The van der Waals surface area contributed by atoms with Crippen LogP contribution >= 0.6 is 11.5 Å². The van der Waals surface area contributed by atoms with Crippen LogP contribution in [0.4, 0.5) is 14.5 Å². The molecule has 5 rings (SSSR count). The third-order valence-corrected chi connectivity index (χ3v) is 6.12. The molecule has 0 spiro atoms. The molecule has 2 N–H and O–H groups in total. The molecule has 4 aromatic rings. The van der Waals surface area contributed by atoms with Gasteiger partial charge in [0.2, 0.25) is 0 Å². The number of nitrogens with one attached hydrogen (secondary N) is 2. The standard InChI is InChI=1S/C23H15F2N3O2S/c24-21(25)13-7-2-1-6-12(13)19-18-15(22(29)27-19)9-5-10-16(18)26-23(30)20-14-8-3-4-11-17(14)31-28-20/h1-11,19,21H,(H,26,30)(H,27,29). The van der Waals surface area contributed by atoms with E-state index < -0.39 is 18.4 Å². The molecular weight excluding hydrogens is 420 g/mol. The molecule has 1 atom stereocenters. The Morgan fingerprint density at radius 1 is 1.03 bits per heavy atom. The summed E-state index contributed by atoms with van der Waals surface area (Å²) in [5, 5.41) is 6.33. The molecule has 31 heavy (non-hydrogen) atoms. The lowest BCUT2D eigenvalue weighted by atomic mass is 9.93. The summed E-state index contributed by atoms with van der Waals surface area (Å²) in [6.07, 6.45) is -2.69. The number of carbonyl (C=O) groups excluding carboxylic acids is 2. The van der Waals surface area contributed by atoms with E-state index in [1.807, 2.05) is 24.3 Å². The van der Waals surface area contributed by atoms with Crippen molar-refractivity contribution in [3.63, 3.8) is 0 Å². The van der Waals surface area contributed by atoms with Crippen LogP contribution in [0.15, 0.2) is 66.7 Å². The normalized spacial score (nSPS) is 15.2. The maximum absolute atomic E-state index is 13.6. The van der Waals surface area contributed by atoms with E-state index in [0.29, 0.717) is 22.4 Å². The van der Waals surface area contributed by atoms with Gasteiger partial charge in [0, 0.05) is 27.8 Å². The van der Waals surface area contributed by atoms with Crippen molar-refractivity contribution in [3.05, 3.63) is 94.7 Å². The third-order valence-electron chi connectivity index (χ3n) is 5.30. The number of benzene rings is 3. The zero-order chi connectivity index (χ0) is 21.5. The smallest absolute Gasteiger partial charge is 0.276 e. The number of hydrogen-bond donors (Lipinski definition) is 2. The maximum atomic E-state index is 13.6. The first kappa shape index (κ1) is 19.3. The van der Waals surface area contributed by atoms with Crippen LogP contribution in [-0.2, 0) is 0 Å². The van der Waals surface area contributed by atoms with Crippen LogP contribution in [0.5, 0.6) is 0 Å². The first-order valence-corrected chi connectivity index (χ1v) is 10.3. The molecule has 1 unspecified atom stereocenters. The van der Waals surface area contributed by atoms with E-state index in [9.17, 15) is 18.4 Å². The number of aromatic nitrogens is 1. The first-order chi connectivity index (χ1) is 15.0. The van der Waals surface area contributed by atoms with Crippen molar-refractivity contribution >= 4 is 39.1 Å². The second kappa shape index (κ2) is 7.55. The number of halogens is 2. The lowest BCUT2D eigenvalue weighted by molar-refractivity contribution is 0.0958. The molecule has 0 bridgehead atoms. The Balaban J connectivity index is 1.57. The van der Waals surface area contributed by atoms with Gasteiger partial charge in [0.05, 0.1) is 10.7 Å². The van der Waals surface area contributed by atoms with Gasteiger partial charge in [-0.15, -0.1) is 0 Å². The van der Waals surface area contributed by atoms with Crippen LogP contribution in [0, 0.1) is 0 Å². The molecule has 1 aliphatic rings. The minimum absolute atomic E-state index is 0.160. The van der Waals surface area contributed by atoms with Crippen molar-refractivity contribution in [2.75, 3.05) is 5.32 Å². The molecule has 1 aromatic heterocycles. The number of anilines is 1. The van der Waals surface area contributed by atoms with Gasteiger partial charge in [0.1, 0.15) is 5.69 Å². The van der Waals surface area contributed by atoms with Crippen molar-refractivity contribution in [1.82, 2.24) is 9.69 Å². The SMILES string of the molecule is O=C1NC(c2ccccc2C(F)F)c2c(NC(=O)c3nsc4ccccc34)cccc21. The average molecular weight is 435 g/mol. The molecule has 2 amide bonds. The van der Waals surface area contributed by atoms with Crippen LogP contribution in [0.25, 0.3) is 10.1 Å². The summed E-state index contributed by atoms with van der Waals surface area (Å²) >= 11 is 1.22. The van der Waals surface area contributed by atoms with Gasteiger partial charge < -0.3 is 10.6 Å². The Labute approximate surface area is 179 Å². The monoisotopic (exact) mass is 435 g/mol. The van der Waals surface area contributed by atoms with Gasteiger partial charge in [0.25, 0.3) is 18.2 Å². The summed E-state index contributed by atoms with van der Waals surface area (Å²) in [6.45, 7) is 0. The van der Waals surface area contributed by atoms with Crippen molar-refractivity contribution < 1.29 is 18.4 Å². The highest BCUT2D eigenvalue weighted by Gasteiger charge is 2.35. The van der Waals surface area contributed by atoms with E-state index in [2.05, 4.69) is 15.0 Å². The Kier molecular flexibility index (Phi) is 4.71. The second-order valence-electron chi connectivity index (χ2n) is 7.08. The largest absolute Gasteiger partial charge is 0.341 e. The number of fused-ring (bicyclic) bond motifs is 2. The molecule has 0 aliphatic carbocycles. The van der Waals surface area contributed by atoms with Crippen LogP contribution < -0.4 is 10.6 Å². The Morgan fingerprint density at radius 2 is 1.81 bits per heavy atom. The van der Waals surface area contributed by atoms with Crippen molar-refractivity contribution in [2.45, 2.75) is 12.5 Å². The van der Waals surface area contributed by atoms with E-state index in [4.69, 9.17) is 0 Å². The molecule has 2 heterocycles. The van der Waals surface area contributed by atoms with E-state index in [0.717, 1.165) is 10.1 Å². The number of amides is 2. The molecule has 5 nitrogen and oxygen atoms in total. The summed E-state index contributed by atoms with van der Waals surface area (Å²) in [5.74, 6) is -0.801. The average Bonchev–Trinajstić information content (AvgIpc) is 3.36. The summed E-state index contributed by atoms with van der Waals surface area (Å²) in [6, 6.07) is 17.6. The molecular formula is C23H15F2N3O2S. The van der Waals surface area contributed by atoms with Crippen LogP contribution in [0.3, 0.4) is 0 Å². The Hall–Kier alpha value is -3.65. The zero-order valence-electron chi connectivity index (χ0n) is 15.9. The molecule has 154 valence electrons. The fourth-order valence-corrected chi connectivity index (χ4v) is 4.67. The van der Waals surface area contributed by atoms with Crippen molar-refractivity contribution in [2.24, 2.45) is 0 Å². The number of alkyl halides is 2.